The zero-order chi connectivity index (χ0) is 25.9. The topological polar surface area (TPSA) is 88.2 Å². The summed E-state index contributed by atoms with van der Waals surface area (Å²) in [5.74, 6) is -0.735. The summed E-state index contributed by atoms with van der Waals surface area (Å²) in [6.07, 6.45) is 0.494. The minimum atomic E-state index is -5.86. The molecule has 0 spiro atoms. The molecule has 6 nitrogen and oxygen atoms in total. The van der Waals surface area contributed by atoms with Crippen molar-refractivity contribution in [3.05, 3.63) is 96.1 Å². The fourth-order valence-corrected chi connectivity index (χ4v) is 4.46. The number of aromatic nitrogens is 1. The van der Waals surface area contributed by atoms with Gasteiger partial charge in [-0.2, -0.15) is 21.6 Å². The Morgan fingerprint density at radius 2 is 1.50 bits per heavy atom. The summed E-state index contributed by atoms with van der Waals surface area (Å²) in [5.41, 5.74) is -5.03. The lowest BCUT2D eigenvalue weighted by Gasteiger charge is -2.22. The van der Waals surface area contributed by atoms with Crippen molar-refractivity contribution in [2.45, 2.75) is 24.9 Å². The molecule has 0 aliphatic heterocycles. The molecule has 0 saturated heterocycles. The van der Waals surface area contributed by atoms with Crippen LogP contribution in [-0.2, 0) is 10.0 Å². The largest absolute Gasteiger partial charge is 0.516 e. The van der Waals surface area contributed by atoms with Gasteiger partial charge in [0.25, 0.3) is 5.91 Å². The first-order chi connectivity index (χ1) is 17.1. The van der Waals surface area contributed by atoms with E-state index < -0.39 is 33.2 Å². The molecule has 0 bridgehead atoms. The summed E-state index contributed by atoms with van der Waals surface area (Å²) in [7, 11) is -5.86. The van der Waals surface area contributed by atoms with Crippen molar-refractivity contribution in [3.8, 4) is 11.3 Å². The smallest absolute Gasteiger partial charge is 0.345 e. The molecule has 186 valence electrons. The molecule has 1 unspecified atom stereocenters. The van der Waals surface area contributed by atoms with Crippen LogP contribution in [0.1, 0.15) is 35.3 Å². The molecule has 1 atom stereocenters. The van der Waals surface area contributed by atoms with Crippen molar-refractivity contribution in [2.24, 2.45) is 0 Å². The Morgan fingerprint density at radius 3 is 2.11 bits per heavy atom. The van der Waals surface area contributed by atoms with Crippen LogP contribution >= 0.6 is 0 Å². The van der Waals surface area contributed by atoms with Crippen molar-refractivity contribution < 1.29 is 26.4 Å². The van der Waals surface area contributed by atoms with Crippen LogP contribution in [0.15, 0.2) is 84.9 Å². The Bertz CT molecular complexity index is 1490. The van der Waals surface area contributed by atoms with Crippen molar-refractivity contribution >= 4 is 32.5 Å². The number of hydrogen-bond donors (Lipinski definition) is 2. The average Bonchev–Trinajstić information content (AvgIpc) is 2.87. The molecule has 2 N–H and O–H groups in total. The molecule has 0 fully saturated rings. The van der Waals surface area contributed by atoms with Gasteiger partial charge in [-0.25, -0.2) is 4.98 Å². The number of nitrogens with zero attached hydrogens (tertiary/aromatic N) is 1. The maximum absolute atomic E-state index is 13.7. The van der Waals surface area contributed by atoms with Crippen LogP contribution in [0, 0.1) is 0 Å². The van der Waals surface area contributed by atoms with Gasteiger partial charge in [-0.15, -0.1) is 0 Å². The highest BCUT2D eigenvalue weighted by Gasteiger charge is 2.47. The van der Waals surface area contributed by atoms with Crippen LogP contribution in [0.4, 0.5) is 18.9 Å². The normalized spacial score (nSPS) is 12.8. The molecule has 1 aromatic heterocycles. The zero-order valence-corrected chi connectivity index (χ0v) is 19.9. The van der Waals surface area contributed by atoms with E-state index in [0.29, 0.717) is 17.5 Å². The minimum Gasteiger partial charge on any atom is -0.345 e. The number of alkyl halides is 3. The lowest BCUT2D eigenvalue weighted by Crippen LogP contribution is -2.33. The number of carbonyl (C=O) groups is 1. The number of benzene rings is 3. The van der Waals surface area contributed by atoms with Gasteiger partial charge in [0.05, 0.1) is 28.5 Å². The average molecular weight is 514 g/mol. The van der Waals surface area contributed by atoms with Gasteiger partial charge in [-0.05, 0) is 18.1 Å². The Balaban J connectivity index is 1.96. The van der Waals surface area contributed by atoms with Crippen molar-refractivity contribution in [2.75, 3.05) is 4.72 Å². The molecule has 36 heavy (non-hydrogen) atoms. The van der Waals surface area contributed by atoms with E-state index in [-0.39, 0.29) is 16.6 Å². The second-order valence-corrected chi connectivity index (χ2v) is 9.66. The number of pyridine rings is 1. The molecule has 0 aliphatic rings. The zero-order valence-electron chi connectivity index (χ0n) is 19.1. The quantitative estimate of drug-likeness (QED) is 0.315. The number of carbonyl (C=O) groups excluding carboxylic acids is 1. The van der Waals surface area contributed by atoms with Crippen LogP contribution < -0.4 is 10.0 Å². The van der Waals surface area contributed by atoms with Crippen LogP contribution in [-0.4, -0.2) is 24.8 Å². The highest BCUT2D eigenvalue weighted by molar-refractivity contribution is 7.93. The van der Waals surface area contributed by atoms with E-state index >= 15 is 0 Å². The maximum Gasteiger partial charge on any atom is 0.516 e. The van der Waals surface area contributed by atoms with Gasteiger partial charge in [0.2, 0.25) is 0 Å². The molecule has 0 aliphatic carbocycles. The summed E-state index contributed by atoms with van der Waals surface area (Å²) in [5, 5.41) is 3.06. The third kappa shape index (κ3) is 5.03. The highest BCUT2D eigenvalue weighted by Crippen LogP contribution is 2.37. The van der Waals surface area contributed by atoms with Crippen LogP contribution in [0.3, 0.4) is 0 Å². The van der Waals surface area contributed by atoms with Crippen LogP contribution in [0.2, 0.25) is 0 Å². The minimum absolute atomic E-state index is 0.0972. The SMILES string of the molecule is CCC(NC(=O)c1c(NS(=O)(=O)C(F)(F)F)c(-c2ccccc2)nc2ccccc12)c1ccccc1. The number of nitrogens with one attached hydrogen (secondary N) is 2. The number of hydrogen-bond acceptors (Lipinski definition) is 4. The Morgan fingerprint density at radius 1 is 0.917 bits per heavy atom. The van der Waals surface area contributed by atoms with Crippen molar-refractivity contribution in [1.82, 2.24) is 10.3 Å². The molecule has 0 saturated carbocycles. The summed E-state index contributed by atoms with van der Waals surface area (Å²) >= 11 is 0. The number of amides is 1. The van der Waals surface area contributed by atoms with Crippen molar-refractivity contribution in [3.63, 3.8) is 0 Å². The molecule has 1 heterocycles. The summed E-state index contributed by atoms with van der Waals surface area (Å²) in [6.45, 7) is 1.85. The molecule has 4 rings (SSSR count). The number of fused-ring (bicyclic) bond motifs is 1. The second-order valence-electron chi connectivity index (χ2n) is 7.99. The van der Waals surface area contributed by atoms with E-state index in [1.807, 2.05) is 37.3 Å². The lowest BCUT2D eigenvalue weighted by molar-refractivity contribution is -0.0429. The van der Waals surface area contributed by atoms with E-state index in [1.54, 1.807) is 53.3 Å². The van der Waals surface area contributed by atoms with E-state index in [1.165, 1.54) is 6.07 Å². The second kappa shape index (κ2) is 9.98. The van der Waals surface area contributed by atoms with Gasteiger partial charge in [0.15, 0.2) is 0 Å². The number of para-hydroxylation sites is 1. The van der Waals surface area contributed by atoms with E-state index in [0.717, 1.165) is 5.56 Å². The standard InChI is InChI=1S/C26H22F3N3O3S/c1-2-20(17-11-5-3-6-12-17)31-25(33)22-19-15-9-10-16-21(19)30-23(18-13-7-4-8-14-18)24(22)32-36(34,35)26(27,28)29/h3-16,20,32H,2H2,1H3,(H,31,33). The predicted molar refractivity (Wildman–Crippen MR) is 133 cm³/mol. The van der Waals surface area contributed by atoms with Gasteiger partial charge >= 0.3 is 15.5 Å². The summed E-state index contributed by atoms with van der Waals surface area (Å²) < 4.78 is 66.3. The van der Waals surface area contributed by atoms with Gasteiger partial charge in [-0.3, -0.25) is 9.52 Å². The first-order valence-electron chi connectivity index (χ1n) is 11.1. The maximum atomic E-state index is 13.7. The number of halogens is 3. The Labute approximate surface area is 206 Å². The molecular weight excluding hydrogens is 491 g/mol. The van der Waals surface area contributed by atoms with E-state index in [2.05, 4.69) is 10.3 Å². The lowest BCUT2D eigenvalue weighted by atomic mass is 9.99. The van der Waals surface area contributed by atoms with E-state index in [4.69, 9.17) is 0 Å². The Kier molecular flexibility index (Phi) is 6.98. The first kappa shape index (κ1) is 25.2. The number of anilines is 1. The van der Waals surface area contributed by atoms with Gasteiger partial charge in [0.1, 0.15) is 0 Å². The molecule has 0 radical (unpaired) electrons. The highest BCUT2D eigenvalue weighted by atomic mass is 32.2. The molecule has 1 amide bonds. The molecule has 3 aromatic carbocycles. The molecular formula is C26H22F3N3O3S. The fourth-order valence-electron chi connectivity index (χ4n) is 3.88. The monoisotopic (exact) mass is 513 g/mol. The van der Waals surface area contributed by atoms with Crippen LogP contribution in [0.5, 0.6) is 0 Å². The van der Waals surface area contributed by atoms with Gasteiger partial charge in [0, 0.05) is 10.9 Å². The Hall–Kier alpha value is -3.92. The molecule has 10 heteroatoms. The van der Waals surface area contributed by atoms with Gasteiger partial charge in [-0.1, -0.05) is 85.8 Å². The first-order valence-corrected chi connectivity index (χ1v) is 12.5. The summed E-state index contributed by atoms with van der Waals surface area (Å²) in [6, 6.07) is 23.1. The number of rotatable bonds is 7. The van der Waals surface area contributed by atoms with Crippen molar-refractivity contribution in [1.29, 1.82) is 0 Å². The van der Waals surface area contributed by atoms with E-state index in [9.17, 15) is 26.4 Å². The third-order valence-electron chi connectivity index (χ3n) is 5.62. The van der Waals surface area contributed by atoms with Gasteiger partial charge < -0.3 is 5.32 Å². The predicted octanol–water partition coefficient (Wildman–Crippen LogP) is 6.04. The fraction of sp³-hybridized carbons (Fsp3) is 0.154. The molecule has 4 aromatic rings. The van der Waals surface area contributed by atoms with Crippen LogP contribution in [0.25, 0.3) is 22.2 Å². The number of sulfonamides is 1. The third-order valence-corrected chi connectivity index (χ3v) is 6.71. The summed E-state index contributed by atoms with van der Waals surface area (Å²) in [4.78, 5) is 18.1.